The molecule has 0 saturated heterocycles. The van der Waals surface area contributed by atoms with Crippen molar-refractivity contribution in [3.63, 3.8) is 0 Å². The summed E-state index contributed by atoms with van der Waals surface area (Å²) >= 11 is 0. The Bertz CT molecular complexity index is 495. The summed E-state index contributed by atoms with van der Waals surface area (Å²) in [5, 5.41) is 4.39. The Labute approximate surface area is 89.9 Å². The van der Waals surface area contributed by atoms with Gasteiger partial charge in [0.05, 0.1) is 11.4 Å². The largest absolute Gasteiger partial charge is 0.240 e. The number of aromatic nitrogens is 2. The van der Waals surface area contributed by atoms with E-state index in [-0.39, 0.29) is 0 Å². The Morgan fingerprint density at radius 1 is 1.27 bits per heavy atom. The van der Waals surface area contributed by atoms with Crippen molar-refractivity contribution in [1.29, 1.82) is 0 Å². The Morgan fingerprint density at radius 3 is 2.60 bits per heavy atom. The van der Waals surface area contributed by atoms with E-state index < -0.39 is 0 Å². The molecule has 2 rings (SSSR count). The van der Waals surface area contributed by atoms with Gasteiger partial charge in [-0.1, -0.05) is 18.7 Å². The quantitative estimate of drug-likeness (QED) is 0.725. The molecule has 0 fully saturated rings. The molecule has 0 bridgehead atoms. The summed E-state index contributed by atoms with van der Waals surface area (Å²) in [6.07, 6.45) is 3.83. The molecule has 2 aromatic rings. The Hall–Kier alpha value is -1.83. The summed E-state index contributed by atoms with van der Waals surface area (Å²) in [6, 6.07) is 8.23. The molecule has 0 atom stereocenters. The van der Waals surface area contributed by atoms with Crippen LogP contribution in [0.2, 0.25) is 0 Å². The summed E-state index contributed by atoms with van der Waals surface area (Å²) in [5.74, 6) is 0. The summed E-state index contributed by atoms with van der Waals surface area (Å²) in [6.45, 7) is 7.83. The highest BCUT2D eigenvalue weighted by Gasteiger charge is 2.02. The molecule has 2 nitrogen and oxygen atoms in total. The van der Waals surface area contributed by atoms with Gasteiger partial charge in [-0.3, -0.25) is 0 Å². The lowest BCUT2D eigenvalue weighted by Gasteiger charge is -2.06. The first-order valence-electron chi connectivity index (χ1n) is 4.96. The lowest BCUT2D eigenvalue weighted by Crippen LogP contribution is -1.98. The maximum Gasteiger partial charge on any atom is 0.0675 e. The Balaban J connectivity index is 2.49. The van der Waals surface area contributed by atoms with Crippen molar-refractivity contribution in [3.05, 3.63) is 53.9 Å². The minimum atomic E-state index is 1.03. The molecule has 0 aliphatic carbocycles. The molecule has 0 aliphatic heterocycles. The molecular formula is C13H14N2. The minimum absolute atomic E-state index is 1.03. The van der Waals surface area contributed by atoms with Crippen molar-refractivity contribution in [2.45, 2.75) is 13.8 Å². The van der Waals surface area contributed by atoms with E-state index >= 15 is 0 Å². The molecule has 0 unspecified atom stereocenters. The van der Waals surface area contributed by atoms with Crippen molar-refractivity contribution in [2.24, 2.45) is 0 Å². The van der Waals surface area contributed by atoms with E-state index in [1.165, 1.54) is 5.56 Å². The molecule has 2 heteroatoms. The number of hydrogen-bond donors (Lipinski definition) is 0. The van der Waals surface area contributed by atoms with Crippen LogP contribution >= 0.6 is 0 Å². The molecule has 0 N–H and O–H groups in total. The zero-order valence-corrected chi connectivity index (χ0v) is 9.07. The first kappa shape index (κ1) is 9.71. The van der Waals surface area contributed by atoms with E-state index in [4.69, 9.17) is 0 Å². The highest BCUT2D eigenvalue weighted by molar-refractivity contribution is 5.53. The summed E-state index contributed by atoms with van der Waals surface area (Å²) in [5.41, 5.74) is 4.49. The smallest absolute Gasteiger partial charge is 0.0675 e. The van der Waals surface area contributed by atoms with E-state index in [0.717, 1.165) is 16.9 Å². The Kier molecular flexibility index (Phi) is 2.42. The fourth-order valence-electron chi connectivity index (χ4n) is 1.61. The average molecular weight is 198 g/mol. The zero-order chi connectivity index (χ0) is 10.8. The van der Waals surface area contributed by atoms with Gasteiger partial charge in [0.2, 0.25) is 0 Å². The predicted octanol–water partition coefficient (Wildman–Crippen LogP) is 3.13. The normalized spacial score (nSPS) is 10.3. The Morgan fingerprint density at radius 2 is 2.07 bits per heavy atom. The highest BCUT2D eigenvalue weighted by Crippen LogP contribution is 2.16. The van der Waals surface area contributed by atoms with Crippen LogP contribution in [0.3, 0.4) is 0 Å². The third-order valence-electron chi connectivity index (χ3n) is 2.43. The van der Waals surface area contributed by atoms with Gasteiger partial charge in [-0.05, 0) is 43.2 Å². The van der Waals surface area contributed by atoms with Gasteiger partial charge < -0.3 is 0 Å². The van der Waals surface area contributed by atoms with Crippen molar-refractivity contribution >= 4 is 6.08 Å². The van der Waals surface area contributed by atoms with Gasteiger partial charge in [0.15, 0.2) is 0 Å². The standard InChI is InChI=1S/C13H14N2/c1-4-12-5-6-13(10(2)9-12)15-8-7-11(3)14-15/h4-9H,1H2,2-3H3. The minimum Gasteiger partial charge on any atom is -0.240 e. The van der Waals surface area contributed by atoms with E-state index in [0.29, 0.717) is 0 Å². The van der Waals surface area contributed by atoms with E-state index in [1.54, 1.807) is 0 Å². The third-order valence-corrected chi connectivity index (χ3v) is 2.43. The maximum absolute atomic E-state index is 4.39. The first-order valence-corrected chi connectivity index (χ1v) is 4.96. The maximum atomic E-state index is 4.39. The number of aryl methyl sites for hydroxylation is 2. The van der Waals surface area contributed by atoms with Crippen LogP contribution in [0, 0.1) is 13.8 Å². The van der Waals surface area contributed by atoms with Gasteiger partial charge in [-0.15, -0.1) is 0 Å². The topological polar surface area (TPSA) is 17.8 Å². The van der Waals surface area contributed by atoms with Gasteiger partial charge in [-0.2, -0.15) is 5.10 Å². The summed E-state index contributed by atoms with van der Waals surface area (Å²) in [7, 11) is 0. The van der Waals surface area contributed by atoms with Crippen molar-refractivity contribution < 1.29 is 0 Å². The molecule has 1 aromatic heterocycles. The first-order chi connectivity index (χ1) is 7.20. The van der Waals surface area contributed by atoms with Crippen LogP contribution in [-0.2, 0) is 0 Å². The van der Waals surface area contributed by atoms with Crippen LogP contribution in [0.1, 0.15) is 16.8 Å². The van der Waals surface area contributed by atoms with Gasteiger partial charge in [0, 0.05) is 6.20 Å². The van der Waals surface area contributed by atoms with Crippen LogP contribution < -0.4 is 0 Å². The van der Waals surface area contributed by atoms with Crippen LogP contribution in [0.15, 0.2) is 37.0 Å². The van der Waals surface area contributed by atoms with Gasteiger partial charge in [0.25, 0.3) is 0 Å². The lowest BCUT2D eigenvalue weighted by molar-refractivity contribution is 0.855. The monoisotopic (exact) mass is 198 g/mol. The second-order valence-corrected chi connectivity index (χ2v) is 3.65. The number of rotatable bonds is 2. The van der Waals surface area contributed by atoms with E-state index in [9.17, 15) is 0 Å². The molecule has 0 amide bonds. The third kappa shape index (κ3) is 1.84. The van der Waals surface area contributed by atoms with E-state index in [2.05, 4.69) is 30.7 Å². The number of nitrogens with zero attached hydrogens (tertiary/aromatic N) is 2. The average Bonchev–Trinajstić information content (AvgIpc) is 2.64. The van der Waals surface area contributed by atoms with Crippen molar-refractivity contribution in [3.8, 4) is 5.69 Å². The fourth-order valence-corrected chi connectivity index (χ4v) is 1.61. The second kappa shape index (κ2) is 3.73. The van der Waals surface area contributed by atoms with Crippen LogP contribution in [0.25, 0.3) is 11.8 Å². The lowest BCUT2D eigenvalue weighted by atomic mass is 10.1. The summed E-state index contributed by atoms with van der Waals surface area (Å²) < 4.78 is 1.90. The molecule has 0 spiro atoms. The molecule has 0 aliphatic rings. The molecule has 0 saturated carbocycles. The SMILES string of the molecule is C=Cc1ccc(-n2ccc(C)n2)c(C)c1. The number of benzene rings is 1. The zero-order valence-electron chi connectivity index (χ0n) is 9.07. The van der Waals surface area contributed by atoms with Crippen LogP contribution in [0.5, 0.6) is 0 Å². The van der Waals surface area contributed by atoms with Gasteiger partial charge in [0.1, 0.15) is 0 Å². The second-order valence-electron chi connectivity index (χ2n) is 3.65. The summed E-state index contributed by atoms with van der Waals surface area (Å²) in [4.78, 5) is 0. The fraction of sp³-hybridized carbons (Fsp3) is 0.154. The van der Waals surface area contributed by atoms with Crippen molar-refractivity contribution in [1.82, 2.24) is 9.78 Å². The molecule has 15 heavy (non-hydrogen) atoms. The molecule has 76 valence electrons. The molecule has 1 aromatic carbocycles. The molecule has 1 heterocycles. The highest BCUT2D eigenvalue weighted by atomic mass is 15.3. The van der Waals surface area contributed by atoms with Gasteiger partial charge in [-0.25, -0.2) is 4.68 Å². The van der Waals surface area contributed by atoms with Crippen LogP contribution in [-0.4, -0.2) is 9.78 Å². The predicted molar refractivity (Wildman–Crippen MR) is 63.1 cm³/mol. The van der Waals surface area contributed by atoms with Crippen molar-refractivity contribution in [2.75, 3.05) is 0 Å². The molecule has 0 radical (unpaired) electrons. The van der Waals surface area contributed by atoms with E-state index in [1.807, 2.05) is 36.0 Å². The van der Waals surface area contributed by atoms with Gasteiger partial charge >= 0.3 is 0 Å². The molecular weight excluding hydrogens is 184 g/mol. The van der Waals surface area contributed by atoms with Crippen LogP contribution in [0.4, 0.5) is 0 Å². The number of hydrogen-bond acceptors (Lipinski definition) is 1.